The van der Waals surface area contributed by atoms with Gasteiger partial charge in [0.05, 0.1) is 13.7 Å². The summed E-state index contributed by atoms with van der Waals surface area (Å²) in [4.78, 5) is 38.7. The summed E-state index contributed by atoms with van der Waals surface area (Å²) < 4.78 is 18.7. The van der Waals surface area contributed by atoms with Gasteiger partial charge >= 0.3 is 0 Å². The molecule has 0 bridgehead atoms. The van der Waals surface area contributed by atoms with Crippen molar-refractivity contribution < 1.29 is 23.5 Å². The molecule has 1 aliphatic rings. The molecule has 3 rings (SSSR count). The fraction of sp³-hybridized carbons (Fsp3) is 0.286. The first-order valence-corrected chi connectivity index (χ1v) is 8.89. The van der Waals surface area contributed by atoms with Crippen LogP contribution in [0.1, 0.15) is 34.3 Å². The van der Waals surface area contributed by atoms with E-state index in [-0.39, 0.29) is 49.4 Å². The van der Waals surface area contributed by atoms with Crippen LogP contribution in [0.2, 0.25) is 0 Å². The smallest absolute Gasteiger partial charge is 0.253 e. The van der Waals surface area contributed by atoms with E-state index in [1.165, 1.54) is 29.0 Å². The number of benzene rings is 2. The van der Waals surface area contributed by atoms with E-state index in [2.05, 4.69) is 0 Å². The minimum Gasteiger partial charge on any atom is -0.494 e. The van der Waals surface area contributed by atoms with Crippen LogP contribution in [0.25, 0.3) is 0 Å². The van der Waals surface area contributed by atoms with Gasteiger partial charge in [-0.2, -0.15) is 0 Å². The Morgan fingerprint density at radius 3 is 2.25 bits per heavy atom. The van der Waals surface area contributed by atoms with Crippen molar-refractivity contribution >= 4 is 17.7 Å². The van der Waals surface area contributed by atoms with Gasteiger partial charge < -0.3 is 9.64 Å². The Balaban J connectivity index is 1.64. The van der Waals surface area contributed by atoms with Gasteiger partial charge in [-0.1, -0.05) is 18.2 Å². The first-order valence-electron chi connectivity index (χ1n) is 8.89. The molecule has 146 valence electrons. The molecule has 1 heterocycles. The molecule has 3 amide bonds. The highest BCUT2D eigenvalue weighted by Crippen LogP contribution is 2.20. The Morgan fingerprint density at radius 2 is 1.68 bits per heavy atom. The number of likely N-dealkylation sites (tertiary alicyclic amines) is 1. The minimum absolute atomic E-state index is 0.156. The molecule has 0 N–H and O–H groups in total. The number of ether oxygens (including phenoxy) is 1. The van der Waals surface area contributed by atoms with Crippen LogP contribution >= 0.6 is 0 Å². The van der Waals surface area contributed by atoms with Gasteiger partial charge in [-0.25, -0.2) is 4.39 Å². The van der Waals surface area contributed by atoms with Gasteiger partial charge in [0.15, 0.2) is 11.6 Å². The lowest BCUT2D eigenvalue weighted by Crippen LogP contribution is -2.28. The van der Waals surface area contributed by atoms with E-state index in [4.69, 9.17) is 4.74 Å². The molecule has 1 aliphatic heterocycles. The lowest BCUT2D eigenvalue weighted by atomic mass is 10.1. The fourth-order valence-corrected chi connectivity index (χ4v) is 3.11. The summed E-state index contributed by atoms with van der Waals surface area (Å²) in [5, 5.41) is 0. The molecule has 7 heteroatoms. The van der Waals surface area contributed by atoms with Crippen molar-refractivity contribution in [2.24, 2.45) is 0 Å². The maximum atomic E-state index is 13.8. The number of carbonyl (C=O) groups is 3. The number of amides is 3. The fourth-order valence-electron chi connectivity index (χ4n) is 3.11. The average molecular weight is 384 g/mol. The molecule has 0 atom stereocenters. The van der Waals surface area contributed by atoms with Crippen LogP contribution in [0, 0.1) is 5.82 Å². The Bertz CT molecular complexity index is 895. The van der Waals surface area contributed by atoms with E-state index in [1.54, 1.807) is 37.4 Å². The summed E-state index contributed by atoms with van der Waals surface area (Å²) in [6.07, 6.45) is 0.512. The van der Waals surface area contributed by atoms with Crippen LogP contribution in [-0.2, 0) is 22.7 Å². The lowest BCUT2D eigenvalue weighted by molar-refractivity contribution is -0.139. The summed E-state index contributed by atoms with van der Waals surface area (Å²) in [7, 11) is 3.03. The van der Waals surface area contributed by atoms with Crippen molar-refractivity contribution in [1.29, 1.82) is 0 Å². The first kappa shape index (κ1) is 19.5. The van der Waals surface area contributed by atoms with Crippen molar-refractivity contribution in [2.75, 3.05) is 14.2 Å². The highest BCUT2D eigenvalue weighted by atomic mass is 19.1. The molecule has 0 radical (unpaired) electrons. The van der Waals surface area contributed by atoms with E-state index in [1.807, 2.05) is 0 Å². The molecule has 1 saturated heterocycles. The zero-order chi connectivity index (χ0) is 20.3. The van der Waals surface area contributed by atoms with Crippen LogP contribution in [0.3, 0.4) is 0 Å². The predicted octanol–water partition coefficient (Wildman–Crippen LogP) is 2.76. The van der Waals surface area contributed by atoms with Gasteiger partial charge in [-0.3, -0.25) is 19.3 Å². The third kappa shape index (κ3) is 4.19. The highest BCUT2D eigenvalue weighted by molar-refractivity contribution is 6.01. The van der Waals surface area contributed by atoms with Crippen molar-refractivity contribution in [2.45, 2.75) is 25.9 Å². The second-order valence-electron chi connectivity index (χ2n) is 6.70. The third-order valence-electron chi connectivity index (χ3n) is 4.68. The molecule has 2 aromatic rings. The Kier molecular flexibility index (Phi) is 5.73. The number of halogens is 1. The SMILES string of the molecule is COc1ccc(CN(C)C(=O)c2ccc(CN3C(=O)CCC3=O)cc2)cc1F. The summed E-state index contributed by atoms with van der Waals surface area (Å²) in [5.74, 6) is -0.871. The number of imide groups is 1. The zero-order valence-corrected chi connectivity index (χ0v) is 15.8. The van der Waals surface area contributed by atoms with Crippen LogP contribution < -0.4 is 4.74 Å². The largest absolute Gasteiger partial charge is 0.494 e. The second kappa shape index (κ2) is 8.21. The van der Waals surface area contributed by atoms with Gasteiger partial charge in [0.25, 0.3) is 5.91 Å². The van der Waals surface area contributed by atoms with Crippen molar-refractivity contribution in [3.63, 3.8) is 0 Å². The van der Waals surface area contributed by atoms with E-state index < -0.39 is 5.82 Å². The number of rotatable bonds is 6. The first-order chi connectivity index (χ1) is 13.4. The number of nitrogens with zero attached hydrogens (tertiary/aromatic N) is 2. The maximum Gasteiger partial charge on any atom is 0.253 e. The number of hydrogen-bond donors (Lipinski definition) is 0. The van der Waals surface area contributed by atoms with E-state index in [0.29, 0.717) is 11.1 Å². The standard InChI is InChI=1S/C21H21FN2O4/c1-23(12-15-5-8-18(28-2)17(22)11-15)21(27)16-6-3-14(4-7-16)13-24-19(25)9-10-20(24)26/h3-8,11H,9-10,12-13H2,1-2H3. The van der Waals surface area contributed by atoms with Crippen molar-refractivity contribution in [1.82, 2.24) is 9.80 Å². The molecule has 28 heavy (non-hydrogen) atoms. The van der Waals surface area contributed by atoms with Gasteiger partial charge in [0.1, 0.15) is 0 Å². The quantitative estimate of drug-likeness (QED) is 0.719. The Hall–Kier alpha value is -3.22. The third-order valence-corrected chi connectivity index (χ3v) is 4.68. The normalized spacial score (nSPS) is 13.8. The maximum absolute atomic E-state index is 13.8. The number of carbonyl (C=O) groups excluding carboxylic acids is 3. The van der Waals surface area contributed by atoms with Crippen molar-refractivity contribution in [3.05, 3.63) is 65.0 Å². The molecule has 1 fully saturated rings. The van der Waals surface area contributed by atoms with E-state index >= 15 is 0 Å². The predicted molar refractivity (Wildman–Crippen MR) is 100.0 cm³/mol. The molecule has 2 aromatic carbocycles. The van der Waals surface area contributed by atoms with Crippen LogP contribution in [0.5, 0.6) is 5.75 Å². The summed E-state index contributed by atoms with van der Waals surface area (Å²) in [6, 6.07) is 11.4. The van der Waals surface area contributed by atoms with Crippen LogP contribution in [-0.4, -0.2) is 41.7 Å². The van der Waals surface area contributed by atoms with Crippen LogP contribution in [0.15, 0.2) is 42.5 Å². The molecule has 0 unspecified atom stereocenters. The summed E-state index contributed by atoms with van der Waals surface area (Å²) in [6.45, 7) is 0.464. The monoisotopic (exact) mass is 384 g/mol. The molecule has 6 nitrogen and oxygen atoms in total. The molecule has 0 spiro atoms. The van der Waals surface area contributed by atoms with E-state index in [0.717, 1.165) is 5.56 Å². The van der Waals surface area contributed by atoms with Crippen LogP contribution in [0.4, 0.5) is 4.39 Å². The molecular weight excluding hydrogens is 363 g/mol. The van der Waals surface area contributed by atoms with Gasteiger partial charge in [0.2, 0.25) is 11.8 Å². The molecule has 0 aliphatic carbocycles. The topological polar surface area (TPSA) is 66.9 Å². The zero-order valence-electron chi connectivity index (χ0n) is 15.8. The van der Waals surface area contributed by atoms with Crippen molar-refractivity contribution in [3.8, 4) is 5.75 Å². The molecule has 0 aromatic heterocycles. The Labute approximate surface area is 162 Å². The summed E-state index contributed by atoms with van der Waals surface area (Å²) >= 11 is 0. The number of hydrogen-bond acceptors (Lipinski definition) is 4. The lowest BCUT2D eigenvalue weighted by Gasteiger charge is -2.18. The van der Waals surface area contributed by atoms with Gasteiger partial charge in [0, 0.05) is 32.0 Å². The van der Waals surface area contributed by atoms with Gasteiger partial charge in [-0.05, 0) is 35.4 Å². The molecular formula is C21H21FN2O4. The Morgan fingerprint density at radius 1 is 1.07 bits per heavy atom. The average Bonchev–Trinajstić information content (AvgIpc) is 3.00. The summed E-state index contributed by atoms with van der Waals surface area (Å²) in [5.41, 5.74) is 1.90. The number of methoxy groups -OCH3 is 1. The second-order valence-corrected chi connectivity index (χ2v) is 6.70. The van der Waals surface area contributed by atoms with Gasteiger partial charge in [-0.15, -0.1) is 0 Å². The van der Waals surface area contributed by atoms with E-state index in [9.17, 15) is 18.8 Å². The molecule has 0 saturated carbocycles. The minimum atomic E-state index is -0.476. The highest BCUT2D eigenvalue weighted by Gasteiger charge is 2.28.